The number of rotatable bonds is 3. The largest absolute Gasteiger partial charge is 0.489 e. The van der Waals surface area contributed by atoms with Gasteiger partial charge in [-0.2, -0.15) is 0 Å². The van der Waals surface area contributed by atoms with Gasteiger partial charge in [0.05, 0.1) is 11.8 Å². The van der Waals surface area contributed by atoms with Gasteiger partial charge >= 0.3 is 0 Å². The molecule has 2 nitrogen and oxygen atoms in total. The molecule has 0 spiro atoms. The molecular formula is C15H16ClNO. The molecule has 2 aromatic carbocycles. The second-order valence-electron chi connectivity index (χ2n) is 4.43. The molecule has 2 aromatic rings. The molecule has 18 heavy (non-hydrogen) atoms. The highest BCUT2D eigenvalue weighted by Crippen LogP contribution is 2.29. The maximum absolute atomic E-state index is 5.99. The van der Waals surface area contributed by atoms with Crippen LogP contribution >= 0.6 is 11.6 Å². The number of anilines is 1. The average Bonchev–Trinajstić information content (AvgIpc) is 2.32. The minimum atomic E-state index is 0.119. The van der Waals surface area contributed by atoms with Gasteiger partial charge in [-0.1, -0.05) is 29.8 Å². The number of halogens is 1. The van der Waals surface area contributed by atoms with Gasteiger partial charge in [-0.15, -0.1) is 0 Å². The van der Waals surface area contributed by atoms with E-state index in [2.05, 4.69) is 0 Å². The second kappa shape index (κ2) is 5.32. The molecule has 2 rings (SSSR count). The van der Waals surface area contributed by atoms with Crippen LogP contribution in [0.5, 0.6) is 5.75 Å². The Morgan fingerprint density at radius 2 is 1.61 bits per heavy atom. The van der Waals surface area contributed by atoms with Crippen LogP contribution in [0.4, 0.5) is 5.69 Å². The van der Waals surface area contributed by atoms with Gasteiger partial charge in [0.25, 0.3) is 0 Å². The van der Waals surface area contributed by atoms with Crippen molar-refractivity contribution < 1.29 is 4.74 Å². The summed E-state index contributed by atoms with van der Waals surface area (Å²) in [7, 11) is 0. The zero-order valence-electron chi connectivity index (χ0n) is 10.5. The Labute approximate surface area is 112 Å². The molecule has 0 aliphatic rings. The Morgan fingerprint density at radius 1 is 1.00 bits per heavy atom. The van der Waals surface area contributed by atoms with Crippen molar-refractivity contribution in [2.45, 2.75) is 20.0 Å². The summed E-state index contributed by atoms with van der Waals surface area (Å²) in [5.41, 5.74) is 8.78. The van der Waals surface area contributed by atoms with Gasteiger partial charge in [0.2, 0.25) is 0 Å². The van der Waals surface area contributed by atoms with Crippen LogP contribution in [-0.4, -0.2) is 6.10 Å². The molecule has 0 amide bonds. The second-order valence-corrected chi connectivity index (χ2v) is 4.86. The van der Waals surface area contributed by atoms with Gasteiger partial charge in [-0.3, -0.25) is 0 Å². The van der Waals surface area contributed by atoms with Crippen molar-refractivity contribution in [1.29, 1.82) is 0 Å². The highest BCUT2D eigenvalue weighted by Gasteiger charge is 2.05. The van der Waals surface area contributed by atoms with E-state index in [0.717, 1.165) is 21.9 Å². The molecule has 0 aromatic heterocycles. The van der Waals surface area contributed by atoms with E-state index in [1.165, 1.54) is 0 Å². The fourth-order valence-corrected chi connectivity index (χ4v) is 1.86. The molecule has 3 heteroatoms. The van der Waals surface area contributed by atoms with Crippen LogP contribution in [0.25, 0.3) is 11.1 Å². The summed E-state index contributed by atoms with van der Waals surface area (Å²) in [6.45, 7) is 3.96. The minimum absolute atomic E-state index is 0.119. The Bertz CT molecular complexity index is 535. The number of nitrogen functional groups attached to an aromatic ring is 1. The van der Waals surface area contributed by atoms with Crippen molar-refractivity contribution in [1.82, 2.24) is 0 Å². The van der Waals surface area contributed by atoms with E-state index in [1.54, 1.807) is 0 Å². The van der Waals surface area contributed by atoms with Gasteiger partial charge in [-0.05, 0) is 49.2 Å². The fourth-order valence-electron chi connectivity index (χ4n) is 1.73. The quantitative estimate of drug-likeness (QED) is 0.833. The molecule has 0 saturated heterocycles. The van der Waals surface area contributed by atoms with E-state index in [-0.39, 0.29) is 6.10 Å². The number of ether oxygens (including phenoxy) is 1. The van der Waals surface area contributed by atoms with Crippen molar-refractivity contribution in [2.24, 2.45) is 0 Å². The summed E-state index contributed by atoms with van der Waals surface area (Å²) in [6, 6.07) is 13.5. The molecular weight excluding hydrogens is 246 g/mol. The third-order valence-electron chi connectivity index (χ3n) is 2.55. The van der Waals surface area contributed by atoms with Crippen LogP contribution in [0, 0.1) is 0 Å². The Morgan fingerprint density at radius 3 is 2.17 bits per heavy atom. The Kier molecular flexibility index (Phi) is 3.78. The van der Waals surface area contributed by atoms with Crippen LogP contribution in [0.15, 0.2) is 42.5 Å². The maximum atomic E-state index is 5.99. The average molecular weight is 262 g/mol. The highest BCUT2D eigenvalue weighted by molar-refractivity contribution is 6.30. The first kappa shape index (κ1) is 12.8. The van der Waals surface area contributed by atoms with E-state index in [4.69, 9.17) is 22.1 Å². The summed E-state index contributed by atoms with van der Waals surface area (Å²) in [6.07, 6.45) is 0.119. The van der Waals surface area contributed by atoms with Crippen molar-refractivity contribution in [3.05, 3.63) is 47.5 Å². The van der Waals surface area contributed by atoms with Gasteiger partial charge < -0.3 is 10.5 Å². The summed E-state index contributed by atoms with van der Waals surface area (Å²) in [5.74, 6) is 0.725. The van der Waals surface area contributed by atoms with Gasteiger partial charge in [-0.25, -0.2) is 0 Å². The SMILES string of the molecule is CC(C)Oc1ccc(-c2ccc(Cl)cc2)cc1N. The molecule has 0 aliphatic carbocycles. The molecule has 0 atom stereocenters. The Balaban J connectivity index is 2.31. The molecule has 0 fully saturated rings. The van der Waals surface area contributed by atoms with E-state index in [9.17, 15) is 0 Å². The lowest BCUT2D eigenvalue weighted by Gasteiger charge is -2.13. The zero-order valence-corrected chi connectivity index (χ0v) is 11.2. The molecule has 0 bridgehead atoms. The molecule has 0 heterocycles. The fraction of sp³-hybridized carbons (Fsp3) is 0.200. The van der Waals surface area contributed by atoms with Crippen molar-refractivity contribution in [3.8, 4) is 16.9 Å². The third-order valence-corrected chi connectivity index (χ3v) is 2.80. The number of nitrogens with two attached hydrogens (primary N) is 1. The monoisotopic (exact) mass is 261 g/mol. The van der Waals surface area contributed by atoms with E-state index in [0.29, 0.717) is 5.69 Å². The van der Waals surface area contributed by atoms with Gasteiger partial charge in [0.1, 0.15) is 5.75 Å². The lowest BCUT2D eigenvalue weighted by atomic mass is 10.0. The molecule has 0 radical (unpaired) electrons. The first-order valence-corrected chi connectivity index (χ1v) is 6.26. The topological polar surface area (TPSA) is 35.2 Å². The molecule has 94 valence electrons. The van der Waals surface area contributed by atoms with E-state index in [1.807, 2.05) is 56.3 Å². The van der Waals surface area contributed by atoms with Crippen molar-refractivity contribution in [2.75, 3.05) is 5.73 Å². The standard InChI is InChI=1S/C15H16ClNO/c1-10(2)18-15-8-5-12(9-14(15)17)11-3-6-13(16)7-4-11/h3-10H,17H2,1-2H3. The van der Waals surface area contributed by atoms with Crippen LogP contribution in [0.3, 0.4) is 0 Å². The normalized spacial score (nSPS) is 10.7. The summed E-state index contributed by atoms with van der Waals surface area (Å²) >= 11 is 5.87. The van der Waals surface area contributed by atoms with Crippen LogP contribution in [0.2, 0.25) is 5.02 Å². The predicted molar refractivity (Wildman–Crippen MR) is 77.1 cm³/mol. The highest BCUT2D eigenvalue weighted by atomic mass is 35.5. The Hall–Kier alpha value is -1.67. The molecule has 0 unspecified atom stereocenters. The number of hydrogen-bond acceptors (Lipinski definition) is 2. The van der Waals surface area contributed by atoms with Crippen LogP contribution < -0.4 is 10.5 Å². The first-order valence-electron chi connectivity index (χ1n) is 5.88. The van der Waals surface area contributed by atoms with Crippen LogP contribution in [-0.2, 0) is 0 Å². The maximum Gasteiger partial charge on any atom is 0.142 e. The zero-order chi connectivity index (χ0) is 13.1. The van der Waals surface area contributed by atoms with E-state index < -0.39 is 0 Å². The van der Waals surface area contributed by atoms with Crippen molar-refractivity contribution >= 4 is 17.3 Å². The van der Waals surface area contributed by atoms with Crippen molar-refractivity contribution in [3.63, 3.8) is 0 Å². The number of hydrogen-bond donors (Lipinski definition) is 1. The predicted octanol–water partition coefficient (Wildman–Crippen LogP) is 4.38. The lowest BCUT2D eigenvalue weighted by Crippen LogP contribution is -2.07. The van der Waals surface area contributed by atoms with E-state index >= 15 is 0 Å². The molecule has 2 N–H and O–H groups in total. The van der Waals surface area contributed by atoms with Gasteiger partial charge in [0.15, 0.2) is 0 Å². The smallest absolute Gasteiger partial charge is 0.142 e. The summed E-state index contributed by atoms with van der Waals surface area (Å²) in [5, 5.41) is 0.728. The summed E-state index contributed by atoms with van der Waals surface area (Å²) < 4.78 is 5.61. The lowest BCUT2D eigenvalue weighted by molar-refractivity contribution is 0.244. The minimum Gasteiger partial charge on any atom is -0.489 e. The number of benzene rings is 2. The van der Waals surface area contributed by atoms with Crippen LogP contribution in [0.1, 0.15) is 13.8 Å². The third kappa shape index (κ3) is 2.96. The first-order chi connectivity index (χ1) is 8.56. The van der Waals surface area contributed by atoms with Gasteiger partial charge in [0, 0.05) is 5.02 Å². The molecule has 0 saturated carbocycles. The summed E-state index contributed by atoms with van der Waals surface area (Å²) in [4.78, 5) is 0. The molecule has 0 aliphatic heterocycles.